The molecule has 0 aromatic carbocycles. The second-order valence-corrected chi connectivity index (χ2v) is 3.55. The monoisotopic (exact) mass is 206 g/mol. The van der Waals surface area contributed by atoms with E-state index in [0.29, 0.717) is 6.42 Å². The van der Waals surface area contributed by atoms with Crippen molar-refractivity contribution in [2.75, 3.05) is 13.1 Å². The quantitative estimate of drug-likeness (QED) is 0.723. The van der Waals surface area contributed by atoms with Gasteiger partial charge < -0.3 is 11.1 Å². The van der Waals surface area contributed by atoms with Crippen molar-refractivity contribution in [3.05, 3.63) is 0 Å². The molecule has 0 atom stereocenters. The Labute approximate surface area is 85.9 Å². The number of piperidine rings is 1. The maximum atomic E-state index is 10.5. The first kappa shape index (κ1) is 12.7. The van der Waals surface area contributed by atoms with Gasteiger partial charge in [0.15, 0.2) is 0 Å². The van der Waals surface area contributed by atoms with Crippen molar-refractivity contribution < 1.29 is 4.79 Å². The third-order valence-corrected chi connectivity index (χ3v) is 2.49. The van der Waals surface area contributed by atoms with Crippen LogP contribution in [0.15, 0.2) is 0 Å². The Bertz CT molecular complexity index is 147. The van der Waals surface area contributed by atoms with Crippen molar-refractivity contribution in [2.24, 2.45) is 11.7 Å². The third-order valence-electron chi connectivity index (χ3n) is 2.49. The highest BCUT2D eigenvalue weighted by Gasteiger charge is 2.12. The number of nitrogens with two attached hydrogens (primary N) is 1. The molecule has 13 heavy (non-hydrogen) atoms. The van der Waals surface area contributed by atoms with Crippen LogP contribution in [-0.2, 0) is 4.79 Å². The van der Waals surface area contributed by atoms with Crippen molar-refractivity contribution in [2.45, 2.75) is 32.1 Å². The van der Waals surface area contributed by atoms with Gasteiger partial charge in [0.2, 0.25) is 5.91 Å². The molecule has 0 aromatic heterocycles. The molecule has 1 saturated heterocycles. The van der Waals surface area contributed by atoms with Crippen LogP contribution >= 0.6 is 12.4 Å². The lowest BCUT2D eigenvalue weighted by molar-refractivity contribution is -0.118. The molecular weight excluding hydrogens is 188 g/mol. The van der Waals surface area contributed by atoms with Gasteiger partial charge in [-0.25, -0.2) is 0 Å². The van der Waals surface area contributed by atoms with E-state index in [1.54, 1.807) is 0 Å². The summed E-state index contributed by atoms with van der Waals surface area (Å²) in [6, 6.07) is 0. The predicted octanol–water partition coefficient (Wildman–Crippen LogP) is 1.06. The van der Waals surface area contributed by atoms with E-state index in [1.165, 1.54) is 19.3 Å². The molecule has 0 aromatic rings. The van der Waals surface area contributed by atoms with E-state index in [-0.39, 0.29) is 18.3 Å². The van der Waals surface area contributed by atoms with Gasteiger partial charge in [-0.2, -0.15) is 0 Å². The van der Waals surface area contributed by atoms with Crippen LogP contribution in [-0.4, -0.2) is 19.0 Å². The zero-order valence-corrected chi connectivity index (χ0v) is 8.74. The predicted molar refractivity (Wildman–Crippen MR) is 55.9 cm³/mol. The number of rotatable bonds is 4. The number of carbonyl (C=O) groups excluding carboxylic acids is 1. The molecule has 1 fully saturated rings. The lowest BCUT2D eigenvalue weighted by Gasteiger charge is -2.21. The Morgan fingerprint density at radius 3 is 2.54 bits per heavy atom. The highest BCUT2D eigenvalue weighted by atomic mass is 35.5. The average molecular weight is 207 g/mol. The van der Waals surface area contributed by atoms with Crippen molar-refractivity contribution in [1.82, 2.24) is 5.32 Å². The maximum Gasteiger partial charge on any atom is 0.217 e. The van der Waals surface area contributed by atoms with Crippen molar-refractivity contribution in [3.8, 4) is 0 Å². The number of halogens is 1. The topological polar surface area (TPSA) is 55.1 Å². The number of nitrogens with one attached hydrogen (secondary N) is 1. The summed E-state index contributed by atoms with van der Waals surface area (Å²) < 4.78 is 0. The standard InChI is InChI=1S/C9H18N2O.ClH/c10-9(12)3-1-2-8-4-6-11-7-5-8;/h8,11H,1-7H2,(H2,10,12);1H. The summed E-state index contributed by atoms with van der Waals surface area (Å²) >= 11 is 0. The summed E-state index contributed by atoms with van der Waals surface area (Å²) in [5, 5.41) is 3.32. The van der Waals surface area contributed by atoms with Gasteiger partial charge in [0.25, 0.3) is 0 Å². The van der Waals surface area contributed by atoms with E-state index in [4.69, 9.17) is 5.73 Å². The Kier molecular flexibility index (Phi) is 7.00. The van der Waals surface area contributed by atoms with Gasteiger partial charge in [0, 0.05) is 6.42 Å². The largest absolute Gasteiger partial charge is 0.370 e. The fourth-order valence-electron chi connectivity index (χ4n) is 1.74. The van der Waals surface area contributed by atoms with Gasteiger partial charge in [-0.3, -0.25) is 4.79 Å². The first-order valence-electron chi connectivity index (χ1n) is 4.78. The SMILES string of the molecule is Cl.NC(=O)CCCC1CCNCC1. The zero-order chi connectivity index (χ0) is 8.81. The minimum absolute atomic E-state index is 0. The first-order chi connectivity index (χ1) is 5.79. The summed E-state index contributed by atoms with van der Waals surface area (Å²) in [5.41, 5.74) is 5.06. The molecule has 0 bridgehead atoms. The lowest BCUT2D eigenvalue weighted by atomic mass is 9.92. The summed E-state index contributed by atoms with van der Waals surface area (Å²) in [6.07, 6.45) is 5.23. The third kappa shape index (κ3) is 5.88. The van der Waals surface area contributed by atoms with Crippen molar-refractivity contribution in [1.29, 1.82) is 0 Å². The van der Waals surface area contributed by atoms with Crippen LogP contribution in [0.4, 0.5) is 0 Å². The Morgan fingerprint density at radius 2 is 2.00 bits per heavy atom. The second kappa shape index (κ2) is 7.15. The summed E-state index contributed by atoms with van der Waals surface area (Å²) in [5.74, 6) is 0.662. The van der Waals surface area contributed by atoms with Crippen LogP contribution in [0, 0.1) is 5.92 Å². The van der Waals surface area contributed by atoms with Gasteiger partial charge in [-0.05, 0) is 44.7 Å². The molecule has 3 nitrogen and oxygen atoms in total. The van der Waals surface area contributed by atoms with Gasteiger partial charge in [0.1, 0.15) is 0 Å². The Hall–Kier alpha value is -0.280. The number of primary amides is 1. The fraction of sp³-hybridized carbons (Fsp3) is 0.889. The van der Waals surface area contributed by atoms with E-state index in [2.05, 4.69) is 5.32 Å². The van der Waals surface area contributed by atoms with Crippen molar-refractivity contribution >= 4 is 18.3 Å². The van der Waals surface area contributed by atoms with Gasteiger partial charge in [-0.1, -0.05) is 0 Å². The molecule has 1 amide bonds. The molecule has 3 N–H and O–H groups in total. The molecule has 0 saturated carbocycles. The van der Waals surface area contributed by atoms with E-state index >= 15 is 0 Å². The smallest absolute Gasteiger partial charge is 0.217 e. The van der Waals surface area contributed by atoms with E-state index < -0.39 is 0 Å². The van der Waals surface area contributed by atoms with Crippen molar-refractivity contribution in [3.63, 3.8) is 0 Å². The first-order valence-corrected chi connectivity index (χ1v) is 4.78. The Balaban J connectivity index is 0.00000144. The van der Waals surface area contributed by atoms with Gasteiger partial charge >= 0.3 is 0 Å². The van der Waals surface area contributed by atoms with Crippen LogP contribution in [0.3, 0.4) is 0 Å². The average Bonchev–Trinajstić information content (AvgIpc) is 2.05. The van der Waals surface area contributed by atoms with Gasteiger partial charge in [-0.15, -0.1) is 12.4 Å². The molecule has 78 valence electrons. The van der Waals surface area contributed by atoms with Crippen LogP contribution < -0.4 is 11.1 Å². The molecule has 1 rings (SSSR count). The highest BCUT2D eigenvalue weighted by Crippen LogP contribution is 2.18. The molecule has 1 aliphatic heterocycles. The molecule has 0 spiro atoms. The lowest BCUT2D eigenvalue weighted by Crippen LogP contribution is -2.27. The summed E-state index contributed by atoms with van der Waals surface area (Å²) in [4.78, 5) is 10.5. The van der Waals surface area contributed by atoms with Crippen LogP contribution in [0.2, 0.25) is 0 Å². The van der Waals surface area contributed by atoms with E-state index in [9.17, 15) is 4.79 Å². The molecule has 0 radical (unpaired) electrons. The minimum atomic E-state index is -0.163. The Morgan fingerprint density at radius 1 is 1.38 bits per heavy atom. The highest BCUT2D eigenvalue weighted by molar-refractivity contribution is 5.85. The van der Waals surface area contributed by atoms with Gasteiger partial charge in [0.05, 0.1) is 0 Å². The normalized spacial score (nSPS) is 17.8. The molecule has 4 heteroatoms. The second-order valence-electron chi connectivity index (χ2n) is 3.55. The number of carbonyl (C=O) groups is 1. The van der Waals surface area contributed by atoms with Crippen LogP contribution in [0.5, 0.6) is 0 Å². The summed E-state index contributed by atoms with van der Waals surface area (Å²) in [6.45, 7) is 2.28. The van der Waals surface area contributed by atoms with Crippen LogP contribution in [0.1, 0.15) is 32.1 Å². The van der Waals surface area contributed by atoms with E-state index in [0.717, 1.165) is 25.4 Å². The maximum absolute atomic E-state index is 10.5. The molecule has 1 heterocycles. The van der Waals surface area contributed by atoms with Crippen LogP contribution in [0.25, 0.3) is 0 Å². The molecule has 1 aliphatic rings. The zero-order valence-electron chi connectivity index (χ0n) is 7.92. The fourth-order valence-corrected chi connectivity index (χ4v) is 1.74. The molecular formula is C9H19ClN2O. The molecule has 0 aliphatic carbocycles. The minimum Gasteiger partial charge on any atom is -0.370 e. The number of hydrogen-bond donors (Lipinski definition) is 2. The summed E-state index contributed by atoms with van der Waals surface area (Å²) in [7, 11) is 0. The number of hydrogen-bond acceptors (Lipinski definition) is 2. The number of amides is 1. The van der Waals surface area contributed by atoms with E-state index in [1.807, 2.05) is 0 Å². The molecule has 0 unspecified atom stereocenters.